The van der Waals surface area contributed by atoms with Gasteiger partial charge in [0.2, 0.25) is 0 Å². The first kappa shape index (κ1) is 13.5. The van der Waals surface area contributed by atoms with E-state index in [9.17, 15) is 5.11 Å². The van der Waals surface area contributed by atoms with Gasteiger partial charge in [-0.25, -0.2) is 0 Å². The van der Waals surface area contributed by atoms with E-state index in [0.717, 1.165) is 17.5 Å². The van der Waals surface area contributed by atoms with Crippen molar-refractivity contribution < 1.29 is 5.11 Å². The molecule has 2 aromatic heterocycles. The van der Waals surface area contributed by atoms with E-state index in [1.807, 2.05) is 36.5 Å². The second kappa shape index (κ2) is 6.33. The third-order valence-electron chi connectivity index (χ3n) is 3.53. The molecule has 1 aromatic carbocycles. The molecule has 0 bridgehead atoms. The Labute approximate surface area is 123 Å². The van der Waals surface area contributed by atoms with Crippen LogP contribution in [0.15, 0.2) is 61.1 Å². The van der Waals surface area contributed by atoms with Crippen LogP contribution in [0, 0.1) is 0 Å². The molecule has 2 heterocycles. The molecule has 4 heteroatoms. The minimum atomic E-state index is -0.584. The van der Waals surface area contributed by atoms with Gasteiger partial charge in [-0.3, -0.25) is 10.1 Å². The van der Waals surface area contributed by atoms with Crippen LogP contribution in [0.4, 0.5) is 0 Å². The molecular formula is C17H17N3O. The molecule has 0 saturated heterocycles. The van der Waals surface area contributed by atoms with E-state index < -0.39 is 6.10 Å². The van der Waals surface area contributed by atoms with Crippen LogP contribution in [0.1, 0.15) is 23.8 Å². The summed E-state index contributed by atoms with van der Waals surface area (Å²) in [5.41, 5.74) is 3.85. The maximum Gasteiger partial charge on any atom is 0.0987 e. The molecule has 0 aliphatic carbocycles. The highest BCUT2D eigenvalue weighted by molar-refractivity contribution is 5.64. The topological polar surface area (TPSA) is 61.8 Å². The molecule has 1 unspecified atom stereocenters. The first-order chi connectivity index (χ1) is 10.3. The lowest BCUT2D eigenvalue weighted by atomic mass is 10.0. The van der Waals surface area contributed by atoms with Gasteiger partial charge >= 0.3 is 0 Å². The fourth-order valence-corrected chi connectivity index (χ4v) is 2.40. The average Bonchev–Trinajstić information content (AvgIpc) is 3.04. The van der Waals surface area contributed by atoms with Crippen molar-refractivity contribution in [2.24, 2.45) is 0 Å². The molecule has 106 valence electrons. The number of aryl methyl sites for hydroxylation is 1. The standard InChI is InChI=1S/C17H17N3O/c21-16(7-6-13-4-2-1-3-5-13)17-15(12-19-20-17)14-8-10-18-11-9-14/h1-5,8-12,16,21H,6-7H2,(H,19,20). The largest absolute Gasteiger partial charge is 0.387 e. The van der Waals surface area contributed by atoms with Gasteiger partial charge in [0.15, 0.2) is 0 Å². The number of hydrogen-bond donors (Lipinski definition) is 2. The van der Waals surface area contributed by atoms with Crippen molar-refractivity contribution in [3.8, 4) is 11.1 Å². The van der Waals surface area contributed by atoms with Crippen LogP contribution < -0.4 is 0 Å². The molecule has 3 aromatic rings. The monoisotopic (exact) mass is 279 g/mol. The molecule has 2 N–H and O–H groups in total. The lowest BCUT2D eigenvalue weighted by Crippen LogP contribution is -2.02. The van der Waals surface area contributed by atoms with E-state index in [-0.39, 0.29) is 0 Å². The average molecular weight is 279 g/mol. The van der Waals surface area contributed by atoms with Gasteiger partial charge in [0, 0.05) is 24.2 Å². The van der Waals surface area contributed by atoms with Crippen LogP contribution in [-0.4, -0.2) is 20.3 Å². The Balaban J connectivity index is 1.74. The van der Waals surface area contributed by atoms with E-state index in [0.29, 0.717) is 12.1 Å². The fourth-order valence-electron chi connectivity index (χ4n) is 2.40. The summed E-state index contributed by atoms with van der Waals surface area (Å²) >= 11 is 0. The predicted molar refractivity (Wildman–Crippen MR) is 81.5 cm³/mol. The smallest absolute Gasteiger partial charge is 0.0987 e. The first-order valence-corrected chi connectivity index (χ1v) is 7.00. The second-order valence-electron chi connectivity index (χ2n) is 4.96. The second-order valence-corrected chi connectivity index (χ2v) is 4.96. The van der Waals surface area contributed by atoms with Gasteiger partial charge in [0.05, 0.1) is 11.8 Å². The van der Waals surface area contributed by atoms with Crippen molar-refractivity contribution in [1.29, 1.82) is 0 Å². The molecule has 0 aliphatic heterocycles. The zero-order chi connectivity index (χ0) is 14.5. The summed E-state index contributed by atoms with van der Waals surface area (Å²) < 4.78 is 0. The zero-order valence-corrected chi connectivity index (χ0v) is 11.6. The third-order valence-corrected chi connectivity index (χ3v) is 3.53. The summed E-state index contributed by atoms with van der Waals surface area (Å²) in [5, 5.41) is 17.5. The number of hydrogen-bond acceptors (Lipinski definition) is 3. The van der Waals surface area contributed by atoms with Gasteiger partial charge in [-0.05, 0) is 36.1 Å². The number of benzene rings is 1. The Morgan fingerprint density at radius 1 is 1.05 bits per heavy atom. The molecule has 0 radical (unpaired) electrons. The Morgan fingerprint density at radius 2 is 1.81 bits per heavy atom. The quantitative estimate of drug-likeness (QED) is 0.754. The summed E-state index contributed by atoms with van der Waals surface area (Å²) in [6.45, 7) is 0. The van der Waals surface area contributed by atoms with Gasteiger partial charge in [0.1, 0.15) is 0 Å². The van der Waals surface area contributed by atoms with Crippen molar-refractivity contribution in [2.45, 2.75) is 18.9 Å². The van der Waals surface area contributed by atoms with Crippen LogP contribution >= 0.6 is 0 Å². The third kappa shape index (κ3) is 3.17. The summed E-state index contributed by atoms with van der Waals surface area (Å²) in [4.78, 5) is 4.01. The molecule has 0 amide bonds. The van der Waals surface area contributed by atoms with E-state index in [1.165, 1.54) is 5.56 Å². The maximum absolute atomic E-state index is 10.4. The van der Waals surface area contributed by atoms with Crippen LogP contribution in [0.2, 0.25) is 0 Å². The lowest BCUT2D eigenvalue weighted by molar-refractivity contribution is 0.163. The summed E-state index contributed by atoms with van der Waals surface area (Å²) in [7, 11) is 0. The van der Waals surface area contributed by atoms with Crippen LogP contribution in [-0.2, 0) is 6.42 Å². The molecule has 3 rings (SSSR count). The number of H-pyrrole nitrogens is 1. The molecule has 21 heavy (non-hydrogen) atoms. The number of nitrogens with zero attached hydrogens (tertiary/aromatic N) is 2. The number of pyridine rings is 1. The van der Waals surface area contributed by atoms with Gasteiger partial charge in [0.25, 0.3) is 0 Å². The predicted octanol–water partition coefficient (Wildman–Crippen LogP) is 3.14. The number of aliphatic hydroxyl groups is 1. The summed E-state index contributed by atoms with van der Waals surface area (Å²) in [5.74, 6) is 0. The van der Waals surface area contributed by atoms with Crippen LogP contribution in [0.5, 0.6) is 0 Å². The Kier molecular flexibility index (Phi) is 4.07. The molecule has 0 fully saturated rings. The lowest BCUT2D eigenvalue weighted by Gasteiger charge is -2.10. The number of rotatable bonds is 5. The fraction of sp³-hybridized carbons (Fsp3) is 0.176. The minimum Gasteiger partial charge on any atom is -0.387 e. The molecule has 0 saturated carbocycles. The number of aliphatic hydroxyl groups excluding tert-OH is 1. The van der Waals surface area contributed by atoms with Gasteiger partial charge in [-0.15, -0.1) is 0 Å². The summed E-state index contributed by atoms with van der Waals surface area (Å²) in [6.07, 6.45) is 6.18. The van der Waals surface area contributed by atoms with E-state index in [1.54, 1.807) is 12.4 Å². The Bertz CT molecular complexity index is 680. The number of aromatic amines is 1. The van der Waals surface area contributed by atoms with Gasteiger partial charge in [-0.1, -0.05) is 30.3 Å². The highest BCUT2D eigenvalue weighted by Gasteiger charge is 2.16. The van der Waals surface area contributed by atoms with Crippen LogP contribution in [0.25, 0.3) is 11.1 Å². The van der Waals surface area contributed by atoms with Crippen LogP contribution in [0.3, 0.4) is 0 Å². The molecule has 4 nitrogen and oxygen atoms in total. The van der Waals surface area contributed by atoms with Gasteiger partial charge < -0.3 is 5.11 Å². The zero-order valence-electron chi connectivity index (χ0n) is 11.6. The Hall–Kier alpha value is -2.46. The normalized spacial score (nSPS) is 12.2. The molecule has 0 aliphatic rings. The van der Waals surface area contributed by atoms with Crippen molar-refractivity contribution in [3.63, 3.8) is 0 Å². The summed E-state index contributed by atoms with van der Waals surface area (Å²) in [6, 6.07) is 14.0. The van der Waals surface area contributed by atoms with E-state index >= 15 is 0 Å². The molecule has 0 spiro atoms. The first-order valence-electron chi connectivity index (χ1n) is 7.00. The van der Waals surface area contributed by atoms with Crippen molar-refractivity contribution in [3.05, 3.63) is 72.3 Å². The SMILES string of the molecule is OC(CCc1ccccc1)c1n[nH]cc1-c1ccncc1. The van der Waals surface area contributed by atoms with Gasteiger partial charge in [-0.2, -0.15) is 5.10 Å². The van der Waals surface area contributed by atoms with Crippen molar-refractivity contribution in [2.75, 3.05) is 0 Å². The van der Waals surface area contributed by atoms with E-state index in [4.69, 9.17) is 0 Å². The van der Waals surface area contributed by atoms with E-state index in [2.05, 4.69) is 27.3 Å². The number of nitrogens with one attached hydrogen (secondary N) is 1. The molecule has 1 atom stereocenters. The highest BCUT2D eigenvalue weighted by atomic mass is 16.3. The maximum atomic E-state index is 10.4. The minimum absolute atomic E-state index is 0.584. The van der Waals surface area contributed by atoms with Crippen molar-refractivity contribution in [1.82, 2.24) is 15.2 Å². The Morgan fingerprint density at radius 3 is 2.57 bits per heavy atom. The highest BCUT2D eigenvalue weighted by Crippen LogP contribution is 2.28. The van der Waals surface area contributed by atoms with Crippen molar-refractivity contribution >= 4 is 0 Å². The number of aromatic nitrogens is 3. The molecular weight excluding hydrogens is 262 g/mol.